The van der Waals surface area contributed by atoms with Crippen molar-refractivity contribution in [2.45, 2.75) is 12.5 Å². The smallest absolute Gasteiger partial charge is 0.320 e. The number of carbonyl (C=O) groups is 1. The molecule has 0 radical (unpaired) electrons. The molecule has 4 nitrogen and oxygen atoms in total. The quantitative estimate of drug-likeness (QED) is 0.726. The molecule has 4 N–H and O–H groups in total. The zero-order valence-corrected chi connectivity index (χ0v) is 9.43. The third kappa shape index (κ3) is 2.85. The second kappa shape index (κ2) is 4.61. The van der Waals surface area contributed by atoms with Crippen molar-refractivity contribution in [1.29, 1.82) is 0 Å². The topological polar surface area (TPSA) is 83.5 Å². The van der Waals surface area contributed by atoms with Gasteiger partial charge in [0.25, 0.3) is 0 Å². The predicted molar refractivity (Wildman–Crippen MR) is 60.1 cm³/mol. The highest BCUT2D eigenvalue weighted by atomic mass is 123. The molecule has 1 aromatic rings. The van der Waals surface area contributed by atoms with Crippen molar-refractivity contribution in [2.24, 2.45) is 5.73 Å². The van der Waals surface area contributed by atoms with Crippen LogP contribution in [-0.2, 0) is 11.2 Å². The van der Waals surface area contributed by atoms with Gasteiger partial charge in [0.05, 0.1) is 0 Å². The summed E-state index contributed by atoms with van der Waals surface area (Å²) in [5.41, 5.74) is 6.22. The first kappa shape index (κ1) is 11.3. The summed E-state index contributed by atoms with van der Waals surface area (Å²) in [4.78, 5) is 10.5. The highest BCUT2D eigenvalue weighted by Gasteiger charge is 2.13. The van der Waals surface area contributed by atoms with E-state index in [9.17, 15) is 4.79 Å². The molecule has 0 fully saturated rings. The average molecular weight is 303 g/mol. The Morgan fingerprint density at radius 2 is 2.21 bits per heavy atom. The summed E-state index contributed by atoms with van der Waals surface area (Å²) >= 11 is 2.03. The number of phenolic OH excluding ortho intramolecular Hbond substituents is 1. The number of carboxylic acid groups (broad SMARTS) is 1. The number of phenols is 1. The summed E-state index contributed by atoms with van der Waals surface area (Å²) in [7, 11) is 0. The van der Waals surface area contributed by atoms with Crippen molar-refractivity contribution in [2.75, 3.05) is 0 Å². The van der Waals surface area contributed by atoms with Gasteiger partial charge in [0.15, 0.2) is 0 Å². The van der Waals surface area contributed by atoms with Gasteiger partial charge in [-0.05, 0) is 46.7 Å². The lowest BCUT2D eigenvalue weighted by Gasteiger charge is -2.08. The number of aliphatic carboxylic acids is 1. The molecule has 0 aliphatic heterocycles. The Morgan fingerprint density at radius 1 is 1.57 bits per heavy atom. The van der Waals surface area contributed by atoms with Gasteiger partial charge in [-0.25, -0.2) is 0 Å². The summed E-state index contributed by atoms with van der Waals surface area (Å²) in [6.07, 6.45) is 0.272. The van der Waals surface area contributed by atoms with Crippen LogP contribution < -0.4 is 5.73 Å². The molecule has 0 amide bonds. The van der Waals surface area contributed by atoms with E-state index in [1.807, 2.05) is 22.6 Å². The molecule has 0 spiro atoms. The molecule has 14 heavy (non-hydrogen) atoms. The van der Waals surface area contributed by atoms with Crippen LogP contribution in [0.4, 0.5) is 0 Å². The van der Waals surface area contributed by atoms with Crippen molar-refractivity contribution in [1.82, 2.24) is 0 Å². The fourth-order valence-corrected chi connectivity index (χ4v) is 1.75. The number of benzene rings is 1. The molecule has 0 bridgehead atoms. The van der Waals surface area contributed by atoms with Gasteiger partial charge in [-0.2, -0.15) is 0 Å². The average Bonchev–Trinajstić information content (AvgIpc) is 2.09. The minimum atomic E-state index is -1.02. The number of halogens is 1. The molecule has 1 atom stereocenters. The van der Waals surface area contributed by atoms with Crippen molar-refractivity contribution >= 4 is 28.6 Å². The normalized spacial score (nSPS) is 12.4. The van der Waals surface area contributed by atoms with Gasteiger partial charge in [-0.3, -0.25) is 4.79 Å². The summed E-state index contributed by atoms with van der Waals surface area (Å²) < 4.78 is 0.819. The van der Waals surface area contributed by atoms with Crippen molar-refractivity contribution in [3.8, 4) is 5.75 Å². The van der Waals surface area contributed by atoms with Crippen LogP contribution in [0.1, 0.15) is 5.56 Å². The van der Waals surface area contributed by atoms with Crippen molar-refractivity contribution in [3.63, 3.8) is 0 Å². The van der Waals surface area contributed by atoms with E-state index in [4.69, 9.17) is 15.9 Å². The van der Waals surface area contributed by atoms with Crippen LogP contribution in [0.3, 0.4) is 0 Å². The largest absolute Gasteiger partial charge is 0.508 e. The lowest BCUT2D eigenvalue weighted by atomic mass is 10.1. The molecule has 5 heteroatoms. The molecule has 0 saturated heterocycles. The Labute approximate surface area is 94.9 Å². The molecule has 0 aliphatic carbocycles. The SMILES string of the molecule is N[C@H](Cc1ccc(O)cc1[123I])C(=O)O. The maximum atomic E-state index is 10.5. The van der Waals surface area contributed by atoms with Gasteiger partial charge >= 0.3 is 5.97 Å². The first-order valence-corrected chi connectivity index (χ1v) is 5.04. The third-order valence-electron chi connectivity index (χ3n) is 1.79. The molecule has 1 aromatic carbocycles. The van der Waals surface area contributed by atoms with E-state index in [1.165, 1.54) is 6.07 Å². The number of nitrogens with two attached hydrogens (primary N) is 1. The summed E-state index contributed by atoms with van der Waals surface area (Å²) in [5.74, 6) is -0.851. The van der Waals surface area contributed by atoms with Crippen LogP contribution in [0.2, 0.25) is 0 Å². The number of carboxylic acids is 1. The molecular weight excluding hydrogens is 293 g/mol. The van der Waals surface area contributed by atoms with Gasteiger partial charge in [-0.15, -0.1) is 0 Å². The van der Waals surface area contributed by atoms with E-state index in [-0.39, 0.29) is 12.2 Å². The summed E-state index contributed by atoms with van der Waals surface area (Å²) in [5, 5.41) is 17.7. The van der Waals surface area contributed by atoms with Crippen LogP contribution in [0.5, 0.6) is 5.75 Å². The zero-order chi connectivity index (χ0) is 10.7. The minimum Gasteiger partial charge on any atom is -0.508 e. The molecule has 0 aromatic heterocycles. The van der Waals surface area contributed by atoms with Crippen molar-refractivity contribution in [3.05, 3.63) is 27.3 Å². The van der Waals surface area contributed by atoms with Crippen LogP contribution >= 0.6 is 22.6 Å². The Hall–Kier alpha value is -0.820. The lowest BCUT2D eigenvalue weighted by Crippen LogP contribution is -2.32. The highest BCUT2D eigenvalue weighted by Crippen LogP contribution is 2.19. The lowest BCUT2D eigenvalue weighted by molar-refractivity contribution is -0.138. The van der Waals surface area contributed by atoms with E-state index in [1.54, 1.807) is 12.1 Å². The maximum absolute atomic E-state index is 10.5. The molecule has 0 heterocycles. The van der Waals surface area contributed by atoms with Crippen LogP contribution in [0, 0.1) is 3.57 Å². The third-order valence-corrected chi connectivity index (χ3v) is 2.80. The van der Waals surface area contributed by atoms with Crippen LogP contribution in [-0.4, -0.2) is 22.2 Å². The Kier molecular flexibility index (Phi) is 3.70. The summed E-state index contributed by atoms with van der Waals surface area (Å²) in [6.45, 7) is 0. The number of aromatic hydroxyl groups is 1. The van der Waals surface area contributed by atoms with Gasteiger partial charge < -0.3 is 15.9 Å². The molecule has 1 rings (SSSR count). The number of rotatable bonds is 3. The van der Waals surface area contributed by atoms with Crippen LogP contribution in [0.15, 0.2) is 18.2 Å². The van der Waals surface area contributed by atoms with E-state index >= 15 is 0 Å². The highest BCUT2D eigenvalue weighted by molar-refractivity contribution is 14.1. The van der Waals surface area contributed by atoms with Crippen LogP contribution in [0.25, 0.3) is 0 Å². The first-order chi connectivity index (χ1) is 6.50. The van der Waals surface area contributed by atoms with E-state index < -0.39 is 12.0 Å². The Bertz CT molecular complexity index is 354. The molecule has 0 saturated carbocycles. The van der Waals surface area contributed by atoms with Gasteiger partial charge in [-0.1, -0.05) is 6.07 Å². The Morgan fingerprint density at radius 3 is 2.71 bits per heavy atom. The molecule has 0 unspecified atom stereocenters. The monoisotopic (exact) mass is 303 g/mol. The van der Waals surface area contributed by atoms with Crippen molar-refractivity contribution < 1.29 is 15.0 Å². The van der Waals surface area contributed by atoms with Gasteiger partial charge in [0, 0.05) is 3.57 Å². The summed E-state index contributed by atoms with van der Waals surface area (Å²) in [6, 6.07) is 3.88. The minimum absolute atomic E-state index is 0.169. The molecular formula is C9H10INO3. The predicted octanol–water partition coefficient (Wildman–Crippen LogP) is 0.951. The zero-order valence-electron chi connectivity index (χ0n) is 7.27. The fourth-order valence-electron chi connectivity index (χ4n) is 1.03. The second-order valence-corrected chi connectivity index (χ2v) is 4.09. The molecule has 0 aliphatic rings. The maximum Gasteiger partial charge on any atom is 0.320 e. The van der Waals surface area contributed by atoms with E-state index in [0.717, 1.165) is 9.13 Å². The first-order valence-electron chi connectivity index (χ1n) is 3.96. The number of hydrogen-bond donors (Lipinski definition) is 3. The fraction of sp³-hybridized carbons (Fsp3) is 0.222. The molecule has 76 valence electrons. The van der Waals surface area contributed by atoms with E-state index in [2.05, 4.69) is 0 Å². The second-order valence-electron chi connectivity index (χ2n) is 2.92. The van der Waals surface area contributed by atoms with E-state index in [0.29, 0.717) is 0 Å². The standard InChI is InChI=1S/C9H10INO3/c10-7-4-6(12)2-1-5(7)3-8(11)9(13)14/h1-2,4,8,12H,3,11H2,(H,13,14)/t8-/m1/s1/i10-4. The Balaban J connectivity index is 2.82. The van der Waals surface area contributed by atoms with Gasteiger partial charge in [0.1, 0.15) is 11.8 Å². The van der Waals surface area contributed by atoms with Gasteiger partial charge in [0.2, 0.25) is 0 Å². The number of hydrogen-bond acceptors (Lipinski definition) is 3.